The first-order valence-electron chi connectivity index (χ1n) is 5.87. The monoisotopic (exact) mass is 260 g/mol. The van der Waals surface area contributed by atoms with Crippen LogP contribution in [0.2, 0.25) is 0 Å². The average molecular weight is 260 g/mol. The minimum absolute atomic E-state index is 0.200. The number of hydrogen-bond donors (Lipinski definition) is 4. The van der Waals surface area contributed by atoms with E-state index in [9.17, 15) is 14.7 Å². The predicted octanol–water partition coefficient (Wildman–Crippen LogP) is -0.603. The van der Waals surface area contributed by atoms with Gasteiger partial charge in [-0.25, -0.2) is 0 Å². The summed E-state index contributed by atoms with van der Waals surface area (Å²) in [6, 6.07) is 0. The summed E-state index contributed by atoms with van der Waals surface area (Å²) in [5.74, 6) is -0.997. The zero-order valence-corrected chi connectivity index (χ0v) is 11.7. The van der Waals surface area contributed by atoms with E-state index in [0.717, 1.165) is 0 Å². The van der Waals surface area contributed by atoms with Crippen molar-refractivity contribution in [3.05, 3.63) is 0 Å². The summed E-state index contributed by atoms with van der Waals surface area (Å²) in [6.07, 6.45) is -1.36. The van der Waals surface area contributed by atoms with Crippen LogP contribution in [-0.4, -0.2) is 46.8 Å². The van der Waals surface area contributed by atoms with Crippen molar-refractivity contribution in [2.75, 3.05) is 13.2 Å². The molecule has 0 spiro atoms. The highest BCUT2D eigenvalue weighted by molar-refractivity contribution is 5.87. The van der Waals surface area contributed by atoms with Gasteiger partial charge >= 0.3 is 0 Å². The minimum atomic E-state index is -1.36. The topological polar surface area (TPSA) is 98.7 Å². The second-order valence-corrected chi connectivity index (χ2v) is 6.07. The third-order valence-corrected chi connectivity index (χ3v) is 2.33. The SMILES string of the molecule is CC(C)(C)NC(=O)CNC(=O)[C@H](O)C(C)(C)CO. The lowest BCUT2D eigenvalue weighted by molar-refractivity contribution is -0.138. The zero-order chi connectivity index (χ0) is 14.6. The second-order valence-electron chi connectivity index (χ2n) is 6.07. The van der Waals surface area contributed by atoms with Gasteiger partial charge in [0.15, 0.2) is 0 Å². The number of amides is 2. The molecule has 0 fully saturated rings. The fourth-order valence-corrected chi connectivity index (χ4v) is 1.17. The average Bonchev–Trinajstić information content (AvgIpc) is 2.22. The van der Waals surface area contributed by atoms with Gasteiger partial charge in [-0.1, -0.05) is 13.8 Å². The van der Waals surface area contributed by atoms with Gasteiger partial charge in [-0.3, -0.25) is 9.59 Å². The molecule has 0 heterocycles. The maximum Gasteiger partial charge on any atom is 0.249 e. The molecule has 2 amide bonds. The molecule has 0 aromatic rings. The Kier molecular flexibility index (Phi) is 5.76. The largest absolute Gasteiger partial charge is 0.396 e. The molecule has 0 aromatic heterocycles. The maximum atomic E-state index is 11.6. The summed E-state index contributed by atoms with van der Waals surface area (Å²) in [5, 5.41) is 23.7. The molecule has 106 valence electrons. The van der Waals surface area contributed by atoms with Crippen LogP contribution in [-0.2, 0) is 9.59 Å². The van der Waals surface area contributed by atoms with Gasteiger partial charge in [0, 0.05) is 11.0 Å². The van der Waals surface area contributed by atoms with Crippen molar-refractivity contribution < 1.29 is 19.8 Å². The molecule has 0 radical (unpaired) electrons. The first-order chi connectivity index (χ1) is 7.99. The van der Waals surface area contributed by atoms with Gasteiger partial charge in [0.05, 0.1) is 13.2 Å². The highest BCUT2D eigenvalue weighted by Gasteiger charge is 2.33. The molecule has 0 aliphatic rings. The Morgan fingerprint density at radius 3 is 2.06 bits per heavy atom. The lowest BCUT2D eigenvalue weighted by Gasteiger charge is -2.27. The molecule has 6 nitrogen and oxygen atoms in total. The lowest BCUT2D eigenvalue weighted by atomic mass is 9.87. The van der Waals surface area contributed by atoms with Crippen LogP contribution in [0.5, 0.6) is 0 Å². The Bertz CT molecular complexity index is 308. The van der Waals surface area contributed by atoms with Crippen LogP contribution in [0.4, 0.5) is 0 Å². The Labute approximate surface area is 108 Å². The molecule has 18 heavy (non-hydrogen) atoms. The van der Waals surface area contributed by atoms with E-state index in [-0.39, 0.29) is 24.6 Å². The van der Waals surface area contributed by atoms with Gasteiger partial charge < -0.3 is 20.8 Å². The maximum absolute atomic E-state index is 11.6. The summed E-state index contributed by atoms with van der Waals surface area (Å²) in [7, 11) is 0. The fourth-order valence-electron chi connectivity index (χ4n) is 1.17. The van der Waals surface area contributed by atoms with E-state index >= 15 is 0 Å². The van der Waals surface area contributed by atoms with Gasteiger partial charge in [0.25, 0.3) is 0 Å². The molecule has 6 heteroatoms. The lowest BCUT2D eigenvalue weighted by Crippen LogP contribution is -2.50. The van der Waals surface area contributed by atoms with E-state index in [2.05, 4.69) is 10.6 Å². The van der Waals surface area contributed by atoms with E-state index in [4.69, 9.17) is 5.11 Å². The quantitative estimate of drug-likeness (QED) is 0.530. The van der Waals surface area contributed by atoms with E-state index < -0.39 is 17.4 Å². The number of aliphatic hydroxyl groups excluding tert-OH is 2. The molecule has 0 aromatic carbocycles. The van der Waals surface area contributed by atoms with Crippen molar-refractivity contribution in [2.24, 2.45) is 5.41 Å². The van der Waals surface area contributed by atoms with Crippen LogP contribution in [0, 0.1) is 5.41 Å². The minimum Gasteiger partial charge on any atom is -0.396 e. The third kappa shape index (κ3) is 5.97. The van der Waals surface area contributed by atoms with Crippen LogP contribution in [0.1, 0.15) is 34.6 Å². The van der Waals surface area contributed by atoms with Crippen molar-refractivity contribution in [1.29, 1.82) is 0 Å². The summed E-state index contributed by atoms with van der Waals surface area (Å²) in [6.45, 7) is 8.09. The number of carbonyl (C=O) groups excluding carboxylic acids is 2. The number of carbonyl (C=O) groups is 2. The first-order valence-corrected chi connectivity index (χ1v) is 5.87. The molecule has 0 aliphatic carbocycles. The molecule has 1 atom stereocenters. The smallest absolute Gasteiger partial charge is 0.249 e. The highest BCUT2D eigenvalue weighted by Crippen LogP contribution is 2.19. The van der Waals surface area contributed by atoms with Gasteiger partial charge in [-0.15, -0.1) is 0 Å². The van der Waals surface area contributed by atoms with Crippen molar-refractivity contribution in [1.82, 2.24) is 10.6 Å². The summed E-state index contributed by atoms with van der Waals surface area (Å²) in [5.41, 5.74) is -1.31. The Hall–Kier alpha value is -1.14. The Balaban J connectivity index is 4.24. The van der Waals surface area contributed by atoms with E-state index in [1.165, 1.54) is 0 Å². The van der Waals surface area contributed by atoms with Crippen LogP contribution < -0.4 is 10.6 Å². The van der Waals surface area contributed by atoms with Crippen molar-refractivity contribution in [3.63, 3.8) is 0 Å². The third-order valence-electron chi connectivity index (χ3n) is 2.33. The van der Waals surface area contributed by atoms with E-state index in [0.29, 0.717) is 0 Å². The van der Waals surface area contributed by atoms with E-state index in [1.807, 2.05) is 20.8 Å². The molecular weight excluding hydrogens is 236 g/mol. The Morgan fingerprint density at radius 2 is 1.67 bits per heavy atom. The molecule has 0 saturated carbocycles. The standard InChI is InChI=1S/C12H24N2O4/c1-11(2,3)14-8(16)6-13-10(18)9(17)12(4,5)7-15/h9,15,17H,6-7H2,1-5H3,(H,13,18)(H,14,16)/t9-/m0/s1. The summed E-state index contributed by atoms with van der Waals surface area (Å²) >= 11 is 0. The van der Waals surface area contributed by atoms with Crippen LogP contribution in [0.25, 0.3) is 0 Å². The number of nitrogens with one attached hydrogen (secondary N) is 2. The number of rotatable bonds is 5. The molecule has 0 unspecified atom stereocenters. The van der Waals surface area contributed by atoms with Gasteiger partial charge in [-0.05, 0) is 20.8 Å². The molecule has 0 saturated heterocycles. The van der Waals surface area contributed by atoms with Crippen molar-refractivity contribution in [3.8, 4) is 0 Å². The Morgan fingerprint density at radius 1 is 1.17 bits per heavy atom. The summed E-state index contributed by atoms with van der Waals surface area (Å²) in [4.78, 5) is 23.0. The van der Waals surface area contributed by atoms with Crippen LogP contribution in [0.15, 0.2) is 0 Å². The molecule has 0 aliphatic heterocycles. The normalized spacial score (nSPS) is 13.9. The summed E-state index contributed by atoms with van der Waals surface area (Å²) < 4.78 is 0. The van der Waals surface area contributed by atoms with E-state index in [1.54, 1.807) is 13.8 Å². The highest BCUT2D eigenvalue weighted by atomic mass is 16.3. The van der Waals surface area contributed by atoms with Crippen LogP contribution in [0.3, 0.4) is 0 Å². The number of aliphatic hydroxyl groups is 2. The van der Waals surface area contributed by atoms with Gasteiger partial charge in [-0.2, -0.15) is 0 Å². The fraction of sp³-hybridized carbons (Fsp3) is 0.833. The molecule has 0 rings (SSSR count). The molecular formula is C12H24N2O4. The van der Waals surface area contributed by atoms with Gasteiger partial charge in [0.1, 0.15) is 6.10 Å². The number of hydrogen-bond acceptors (Lipinski definition) is 4. The molecule has 4 N–H and O–H groups in total. The van der Waals surface area contributed by atoms with Gasteiger partial charge in [0.2, 0.25) is 11.8 Å². The first kappa shape index (κ1) is 16.9. The second kappa shape index (κ2) is 6.15. The van der Waals surface area contributed by atoms with Crippen LogP contribution >= 0.6 is 0 Å². The predicted molar refractivity (Wildman–Crippen MR) is 67.8 cm³/mol. The molecule has 0 bridgehead atoms. The zero-order valence-electron chi connectivity index (χ0n) is 11.7. The van der Waals surface area contributed by atoms with Crippen molar-refractivity contribution >= 4 is 11.8 Å². The van der Waals surface area contributed by atoms with Crippen molar-refractivity contribution in [2.45, 2.75) is 46.3 Å².